The van der Waals surface area contributed by atoms with Crippen molar-refractivity contribution in [1.82, 2.24) is 0 Å². The molecule has 1 N–H and O–H groups in total. The van der Waals surface area contributed by atoms with Crippen LogP contribution in [0.3, 0.4) is 0 Å². The van der Waals surface area contributed by atoms with E-state index in [1.165, 1.54) is 36.4 Å². The van der Waals surface area contributed by atoms with Gasteiger partial charge >= 0.3 is 0 Å². The van der Waals surface area contributed by atoms with Crippen LogP contribution in [0.2, 0.25) is 0 Å². The molecule has 0 aliphatic rings. The van der Waals surface area contributed by atoms with E-state index in [9.17, 15) is 25.0 Å². The number of nitrogens with zero attached hydrogens (tertiary/aromatic N) is 2. The van der Waals surface area contributed by atoms with Gasteiger partial charge in [-0.1, -0.05) is 35.5 Å². The molecular weight excluding hydrogens is 394 g/mol. The number of aryl methyl sites for hydroxylation is 1. The molecule has 3 aromatic rings. The third-order valence-electron chi connectivity index (χ3n) is 4.01. The lowest BCUT2D eigenvalue weighted by molar-refractivity contribution is -0.385. The van der Waals surface area contributed by atoms with Crippen molar-refractivity contribution in [3.05, 3.63) is 98.1 Å². The zero-order chi connectivity index (χ0) is 21.0. The van der Waals surface area contributed by atoms with E-state index in [0.29, 0.717) is 15.5 Å². The highest BCUT2D eigenvalue weighted by molar-refractivity contribution is 7.99. The Hall–Kier alpha value is -3.72. The smallest absolute Gasteiger partial charge is 0.283 e. The highest BCUT2D eigenvalue weighted by Crippen LogP contribution is 2.36. The first-order valence-electron chi connectivity index (χ1n) is 8.43. The summed E-state index contributed by atoms with van der Waals surface area (Å²) in [7, 11) is 0. The van der Waals surface area contributed by atoms with Gasteiger partial charge in [0.25, 0.3) is 17.3 Å². The van der Waals surface area contributed by atoms with E-state index in [1.807, 2.05) is 19.1 Å². The number of anilines is 1. The van der Waals surface area contributed by atoms with Gasteiger partial charge in [0.2, 0.25) is 0 Å². The van der Waals surface area contributed by atoms with Crippen LogP contribution in [-0.4, -0.2) is 15.8 Å². The molecule has 0 unspecified atom stereocenters. The van der Waals surface area contributed by atoms with Gasteiger partial charge in [-0.2, -0.15) is 0 Å². The predicted octanol–water partition coefficient (Wildman–Crippen LogP) is 5.21. The highest BCUT2D eigenvalue weighted by atomic mass is 32.2. The van der Waals surface area contributed by atoms with Crippen LogP contribution in [0.15, 0.2) is 76.5 Å². The summed E-state index contributed by atoms with van der Waals surface area (Å²) in [6.07, 6.45) is 0. The number of carbonyl (C=O) groups is 1. The van der Waals surface area contributed by atoms with Crippen molar-refractivity contribution in [2.75, 3.05) is 5.32 Å². The quantitative estimate of drug-likeness (QED) is 0.441. The van der Waals surface area contributed by atoms with Crippen molar-refractivity contribution in [2.45, 2.75) is 16.7 Å². The molecule has 0 aromatic heterocycles. The van der Waals surface area contributed by atoms with Crippen LogP contribution in [-0.2, 0) is 0 Å². The van der Waals surface area contributed by atoms with Gasteiger partial charge in [-0.15, -0.1) is 0 Å². The van der Waals surface area contributed by atoms with Crippen LogP contribution < -0.4 is 5.32 Å². The summed E-state index contributed by atoms with van der Waals surface area (Å²) in [5, 5.41) is 25.0. The van der Waals surface area contributed by atoms with Crippen LogP contribution in [0.5, 0.6) is 0 Å². The van der Waals surface area contributed by atoms with Crippen molar-refractivity contribution >= 4 is 34.7 Å². The van der Waals surface area contributed by atoms with Crippen molar-refractivity contribution in [1.29, 1.82) is 0 Å². The predicted molar refractivity (Wildman–Crippen MR) is 109 cm³/mol. The van der Waals surface area contributed by atoms with Crippen molar-refractivity contribution in [2.24, 2.45) is 0 Å². The Morgan fingerprint density at radius 2 is 1.55 bits per heavy atom. The van der Waals surface area contributed by atoms with E-state index in [4.69, 9.17) is 0 Å². The van der Waals surface area contributed by atoms with Crippen LogP contribution in [0.1, 0.15) is 15.9 Å². The Kier molecular flexibility index (Phi) is 5.89. The van der Waals surface area contributed by atoms with Gasteiger partial charge in [-0.3, -0.25) is 25.0 Å². The number of amides is 1. The molecule has 0 bridgehead atoms. The van der Waals surface area contributed by atoms with E-state index >= 15 is 0 Å². The lowest BCUT2D eigenvalue weighted by atomic mass is 10.1. The third-order valence-corrected chi connectivity index (χ3v) is 5.08. The fourth-order valence-corrected chi connectivity index (χ4v) is 3.55. The number of non-ortho nitro benzene ring substituents is 1. The van der Waals surface area contributed by atoms with E-state index < -0.39 is 15.8 Å². The number of hydrogen-bond acceptors (Lipinski definition) is 6. The monoisotopic (exact) mass is 409 g/mol. The summed E-state index contributed by atoms with van der Waals surface area (Å²) < 4.78 is 0. The fraction of sp³-hybridized carbons (Fsp3) is 0.0500. The normalized spacial score (nSPS) is 10.4. The van der Waals surface area contributed by atoms with Crippen molar-refractivity contribution in [3.63, 3.8) is 0 Å². The number of carbonyl (C=O) groups excluding carboxylic acids is 1. The molecule has 0 atom stereocenters. The molecule has 8 nitrogen and oxygen atoms in total. The first kappa shape index (κ1) is 20.0. The second kappa shape index (κ2) is 8.53. The van der Waals surface area contributed by atoms with Gasteiger partial charge in [0.05, 0.1) is 9.85 Å². The molecule has 0 spiro atoms. The van der Waals surface area contributed by atoms with Crippen LogP contribution in [0.4, 0.5) is 17.1 Å². The highest BCUT2D eigenvalue weighted by Gasteiger charge is 2.25. The molecule has 0 saturated carbocycles. The standard InChI is InChI=1S/C20H15N3O5S/c1-13-5-7-14(8-6-13)21-20(24)19-17(23(27)28)3-2-4-18(19)29-16-11-9-15(10-12-16)22(25)26/h2-12H,1H3,(H,21,24). The summed E-state index contributed by atoms with van der Waals surface area (Å²) in [5.74, 6) is -0.606. The number of benzene rings is 3. The van der Waals surface area contributed by atoms with Crippen molar-refractivity contribution < 1.29 is 14.6 Å². The van der Waals surface area contributed by atoms with Gasteiger partial charge in [-0.25, -0.2) is 0 Å². The first-order chi connectivity index (χ1) is 13.8. The average molecular weight is 409 g/mol. The largest absolute Gasteiger partial charge is 0.322 e. The summed E-state index contributed by atoms with van der Waals surface area (Å²) in [6, 6.07) is 17.2. The molecule has 0 saturated heterocycles. The molecule has 3 rings (SSSR count). The Labute approximate surface area is 169 Å². The molecule has 1 amide bonds. The van der Waals surface area contributed by atoms with Crippen LogP contribution >= 0.6 is 11.8 Å². The minimum absolute atomic E-state index is 0.0641. The Morgan fingerprint density at radius 3 is 2.14 bits per heavy atom. The van der Waals surface area contributed by atoms with Gasteiger partial charge in [0, 0.05) is 33.7 Å². The zero-order valence-corrected chi connectivity index (χ0v) is 16.0. The van der Waals surface area contributed by atoms with Crippen molar-refractivity contribution in [3.8, 4) is 0 Å². The van der Waals surface area contributed by atoms with E-state index in [1.54, 1.807) is 18.2 Å². The molecule has 0 aliphatic heterocycles. The molecular formula is C20H15N3O5S. The van der Waals surface area contributed by atoms with Crippen LogP contribution in [0.25, 0.3) is 0 Å². The Bertz CT molecular complexity index is 1080. The molecule has 29 heavy (non-hydrogen) atoms. The third kappa shape index (κ3) is 4.77. The molecule has 0 heterocycles. The molecule has 0 aliphatic carbocycles. The van der Waals surface area contributed by atoms with Crippen LogP contribution in [0, 0.1) is 27.2 Å². The lowest BCUT2D eigenvalue weighted by Gasteiger charge is -2.11. The lowest BCUT2D eigenvalue weighted by Crippen LogP contribution is -2.15. The summed E-state index contributed by atoms with van der Waals surface area (Å²) in [6.45, 7) is 1.91. The van der Waals surface area contributed by atoms with Gasteiger partial charge in [0.15, 0.2) is 0 Å². The maximum Gasteiger partial charge on any atom is 0.283 e. The average Bonchev–Trinajstić information content (AvgIpc) is 2.70. The van der Waals surface area contributed by atoms with Gasteiger partial charge in [0.1, 0.15) is 5.56 Å². The Balaban J connectivity index is 1.95. The maximum absolute atomic E-state index is 12.9. The molecule has 146 valence electrons. The second-order valence-corrected chi connectivity index (χ2v) is 7.20. The van der Waals surface area contributed by atoms with E-state index in [-0.39, 0.29) is 16.9 Å². The molecule has 3 aromatic carbocycles. The maximum atomic E-state index is 12.9. The summed E-state index contributed by atoms with van der Waals surface area (Å²) in [4.78, 5) is 35.0. The number of nitrogens with one attached hydrogen (secondary N) is 1. The van der Waals surface area contributed by atoms with Gasteiger partial charge in [-0.05, 0) is 37.3 Å². The zero-order valence-electron chi connectivity index (χ0n) is 15.2. The van der Waals surface area contributed by atoms with E-state index in [2.05, 4.69) is 5.32 Å². The SMILES string of the molecule is Cc1ccc(NC(=O)c2c(Sc3ccc([N+](=O)[O-])cc3)cccc2[N+](=O)[O-])cc1. The number of rotatable bonds is 6. The molecule has 0 fully saturated rings. The molecule has 9 heteroatoms. The molecule has 0 radical (unpaired) electrons. The topological polar surface area (TPSA) is 115 Å². The minimum Gasteiger partial charge on any atom is -0.322 e. The summed E-state index contributed by atoms with van der Waals surface area (Å²) >= 11 is 1.12. The first-order valence-corrected chi connectivity index (χ1v) is 9.24. The fourth-order valence-electron chi connectivity index (χ4n) is 2.58. The number of nitro benzene ring substituents is 2. The van der Waals surface area contributed by atoms with Gasteiger partial charge < -0.3 is 5.32 Å². The number of hydrogen-bond donors (Lipinski definition) is 1. The van der Waals surface area contributed by atoms with E-state index in [0.717, 1.165) is 17.3 Å². The number of nitro groups is 2. The summed E-state index contributed by atoms with van der Waals surface area (Å²) in [5.41, 5.74) is 1.09. The Morgan fingerprint density at radius 1 is 0.897 bits per heavy atom. The second-order valence-electron chi connectivity index (χ2n) is 6.08. The minimum atomic E-state index is -0.607.